The summed E-state index contributed by atoms with van der Waals surface area (Å²) in [6.07, 6.45) is 0. The lowest BCUT2D eigenvalue weighted by molar-refractivity contribution is 0.0998. The summed E-state index contributed by atoms with van der Waals surface area (Å²) in [5.41, 5.74) is 6.40. The van der Waals surface area contributed by atoms with Gasteiger partial charge in [0.05, 0.1) is 18.7 Å². The van der Waals surface area contributed by atoms with Gasteiger partial charge in [0.15, 0.2) is 11.5 Å². The van der Waals surface area contributed by atoms with E-state index in [1.54, 1.807) is 18.2 Å². The second-order valence-corrected chi connectivity index (χ2v) is 6.50. The Morgan fingerprint density at radius 2 is 1.81 bits per heavy atom. The van der Waals surface area contributed by atoms with Crippen LogP contribution in [0.15, 0.2) is 36.4 Å². The SMILES string of the molecule is COc1cc(C(=O)Nc2ccc(C(N)=O)cc2)cc(Cl)c1OCC(C)C. The van der Waals surface area contributed by atoms with Crippen LogP contribution >= 0.6 is 11.6 Å². The molecule has 2 aromatic carbocycles. The zero-order chi connectivity index (χ0) is 19.3. The number of carbonyl (C=O) groups is 2. The lowest BCUT2D eigenvalue weighted by Gasteiger charge is -2.15. The third kappa shape index (κ3) is 4.89. The van der Waals surface area contributed by atoms with E-state index in [0.29, 0.717) is 45.9 Å². The average Bonchev–Trinajstić information content (AvgIpc) is 2.60. The number of anilines is 1. The fourth-order valence-corrected chi connectivity index (χ4v) is 2.43. The number of nitrogens with one attached hydrogen (secondary N) is 1. The molecular weight excluding hydrogens is 356 g/mol. The van der Waals surface area contributed by atoms with Crippen LogP contribution in [-0.4, -0.2) is 25.5 Å². The largest absolute Gasteiger partial charge is 0.493 e. The molecule has 0 atom stereocenters. The zero-order valence-corrected chi connectivity index (χ0v) is 15.6. The summed E-state index contributed by atoms with van der Waals surface area (Å²) in [6, 6.07) is 9.35. The van der Waals surface area contributed by atoms with Crippen molar-refractivity contribution in [2.24, 2.45) is 11.7 Å². The number of halogens is 1. The van der Waals surface area contributed by atoms with E-state index >= 15 is 0 Å². The molecule has 0 aliphatic heterocycles. The highest BCUT2D eigenvalue weighted by molar-refractivity contribution is 6.32. The second kappa shape index (κ2) is 8.58. The standard InChI is InChI=1S/C19H21ClN2O4/c1-11(2)10-26-17-15(20)8-13(9-16(17)25-3)19(24)22-14-6-4-12(5-7-14)18(21)23/h4-9,11H,10H2,1-3H3,(H2,21,23)(H,22,24). The normalized spacial score (nSPS) is 10.5. The predicted octanol–water partition coefficient (Wildman–Crippen LogP) is 3.73. The van der Waals surface area contributed by atoms with Crippen molar-refractivity contribution in [3.63, 3.8) is 0 Å². The molecule has 0 fully saturated rings. The molecule has 0 saturated carbocycles. The summed E-state index contributed by atoms with van der Waals surface area (Å²) in [5.74, 6) is 0.212. The lowest BCUT2D eigenvalue weighted by atomic mass is 10.1. The van der Waals surface area contributed by atoms with Crippen molar-refractivity contribution < 1.29 is 19.1 Å². The van der Waals surface area contributed by atoms with E-state index in [-0.39, 0.29) is 5.91 Å². The van der Waals surface area contributed by atoms with E-state index in [1.165, 1.54) is 25.3 Å². The van der Waals surface area contributed by atoms with Crippen molar-refractivity contribution in [1.82, 2.24) is 0 Å². The van der Waals surface area contributed by atoms with Crippen molar-refractivity contribution in [2.75, 3.05) is 19.0 Å². The van der Waals surface area contributed by atoms with Crippen LogP contribution in [0.3, 0.4) is 0 Å². The van der Waals surface area contributed by atoms with Gasteiger partial charge in [-0.15, -0.1) is 0 Å². The first-order valence-electron chi connectivity index (χ1n) is 8.03. The molecule has 3 N–H and O–H groups in total. The number of hydrogen-bond acceptors (Lipinski definition) is 4. The van der Waals surface area contributed by atoms with Crippen molar-refractivity contribution >= 4 is 29.1 Å². The highest BCUT2D eigenvalue weighted by atomic mass is 35.5. The van der Waals surface area contributed by atoms with Crippen LogP contribution in [0.4, 0.5) is 5.69 Å². The Hall–Kier alpha value is -2.73. The molecular formula is C19H21ClN2O4. The number of primary amides is 1. The number of carbonyl (C=O) groups excluding carboxylic acids is 2. The van der Waals surface area contributed by atoms with E-state index in [0.717, 1.165) is 0 Å². The van der Waals surface area contributed by atoms with Crippen molar-refractivity contribution in [3.05, 3.63) is 52.5 Å². The summed E-state index contributed by atoms with van der Waals surface area (Å²) < 4.78 is 11.0. The fraction of sp³-hybridized carbons (Fsp3) is 0.263. The molecule has 2 rings (SSSR count). The smallest absolute Gasteiger partial charge is 0.255 e. The fourth-order valence-electron chi connectivity index (χ4n) is 2.16. The molecule has 0 bridgehead atoms. The van der Waals surface area contributed by atoms with Crippen LogP contribution in [0.25, 0.3) is 0 Å². The molecule has 2 amide bonds. The van der Waals surface area contributed by atoms with E-state index in [1.807, 2.05) is 13.8 Å². The maximum atomic E-state index is 12.5. The van der Waals surface area contributed by atoms with Gasteiger partial charge in [0, 0.05) is 16.8 Å². The van der Waals surface area contributed by atoms with Crippen molar-refractivity contribution in [1.29, 1.82) is 0 Å². The van der Waals surface area contributed by atoms with Crippen molar-refractivity contribution in [3.8, 4) is 11.5 Å². The molecule has 0 spiro atoms. The minimum absolute atomic E-state index is 0.291. The summed E-state index contributed by atoms with van der Waals surface area (Å²) >= 11 is 6.26. The Bertz CT molecular complexity index is 804. The molecule has 0 heterocycles. The quantitative estimate of drug-likeness (QED) is 0.770. The van der Waals surface area contributed by atoms with Crippen LogP contribution in [0.2, 0.25) is 5.02 Å². The molecule has 0 unspecified atom stereocenters. The van der Waals surface area contributed by atoms with Gasteiger partial charge < -0.3 is 20.5 Å². The maximum Gasteiger partial charge on any atom is 0.255 e. The highest BCUT2D eigenvalue weighted by Gasteiger charge is 2.16. The van der Waals surface area contributed by atoms with Gasteiger partial charge in [0.25, 0.3) is 5.91 Å². The zero-order valence-electron chi connectivity index (χ0n) is 14.8. The van der Waals surface area contributed by atoms with Crippen LogP contribution in [0, 0.1) is 5.92 Å². The van der Waals surface area contributed by atoms with Gasteiger partial charge >= 0.3 is 0 Å². The number of hydrogen-bond donors (Lipinski definition) is 2. The molecule has 0 radical (unpaired) electrons. The minimum atomic E-state index is -0.531. The van der Waals surface area contributed by atoms with E-state index in [9.17, 15) is 9.59 Å². The van der Waals surface area contributed by atoms with Crippen LogP contribution in [0.1, 0.15) is 34.6 Å². The van der Waals surface area contributed by atoms with Crippen LogP contribution in [-0.2, 0) is 0 Å². The van der Waals surface area contributed by atoms with Gasteiger partial charge in [-0.1, -0.05) is 25.4 Å². The molecule has 6 nitrogen and oxygen atoms in total. The minimum Gasteiger partial charge on any atom is -0.493 e. The molecule has 0 aliphatic carbocycles. The maximum absolute atomic E-state index is 12.5. The number of amides is 2. The van der Waals surface area contributed by atoms with Gasteiger partial charge in [-0.2, -0.15) is 0 Å². The third-order valence-corrected chi connectivity index (χ3v) is 3.76. The third-order valence-electron chi connectivity index (χ3n) is 3.48. The van der Waals surface area contributed by atoms with Gasteiger partial charge in [-0.3, -0.25) is 9.59 Å². The summed E-state index contributed by atoms with van der Waals surface area (Å²) in [7, 11) is 1.48. The van der Waals surface area contributed by atoms with Gasteiger partial charge in [0.2, 0.25) is 5.91 Å². The van der Waals surface area contributed by atoms with E-state index < -0.39 is 5.91 Å². The van der Waals surface area contributed by atoms with Gasteiger partial charge in [0.1, 0.15) is 0 Å². The Balaban J connectivity index is 2.20. The van der Waals surface area contributed by atoms with E-state index in [4.69, 9.17) is 26.8 Å². The Labute approximate surface area is 157 Å². The first-order valence-corrected chi connectivity index (χ1v) is 8.41. The van der Waals surface area contributed by atoms with Crippen LogP contribution in [0.5, 0.6) is 11.5 Å². The van der Waals surface area contributed by atoms with Crippen molar-refractivity contribution in [2.45, 2.75) is 13.8 Å². The summed E-state index contributed by atoms with van der Waals surface area (Å²) in [6.45, 7) is 4.52. The van der Waals surface area contributed by atoms with Gasteiger partial charge in [-0.05, 0) is 42.3 Å². The molecule has 26 heavy (non-hydrogen) atoms. The molecule has 0 aromatic heterocycles. The Kier molecular flexibility index (Phi) is 6.46. The summed E-state index contributed by atoms with van der Waals surface area (Å²) in [5, 5.41) is 3.02. The van der Waals surface area contributed by atoms with Crippen LogP contribution < -0.4 is 20.5 Å². The predicted molar refractivity (Wildman–Crippen MR) is 101 cm³/mol. The Morgan fingerprint density at radius 3 is 2.35 bits per heavy atom. The van der Waals surface area contributed by atoms with Gasteiger partial charge in [-0.25, -0.2) is 0 Å². The second-order valence-electron chi connectivity index (χ2n) is 6.09. The lowest BCUT2D eigenvalue weighted by Crippen LogP contribution is -2.14. The number of benzene rings is 2. The summed E-state index contributed by atoms with van der Waals surface area (Å²) in [4.78, 5) is 23.6. The highest BCUT2D eigenvalue weighted by Crippen LogP contribution is 2.36. The molecule has 7 heteroatoms. The van der Waals surface area contributed by atoms with E-state index in [2.05, 4.69) is 5.32 Å². The molecule has 0 saturated heterocycles. The monoisotopic (exact) mass is 376 g/mol. The average molecular weight is 377 g/mol. The number of rotatable bonds is 7. The number of methoxy groups -OCH3 is 1. The first-order chi connectivity index (χ1) is 12.3. The Morgan fingerprint density at radius 1 is 1.15 bits per heavy atom. The molecule has 2 aromatic rings. The molecule has 138 valence electrons. The number of nitrogens with two attached hydrogens (primary N) is 1. The first kappa shape index (κ1) is 19.6. The molecule has 0 aliphatic rings. The topological polar surface area (TPSA) is 90.6 Å². The number of ether oxygens (including phenoxy) is 2.